The second kappa shape index (κ2) is 6.40. The van der Waals surface area contributed by atoms with Crippen molar-refractivity contribution >= 4 is 11.8 Å². The summed E-state index contributed by atoms with van der Waals surface area (Å²) in [6.45, 7) is 0. The summed E-state index contributed by atoms with van der Waals surface area (Å²) in [6, 6.07) is 9.30. The van der Waals surface area contributed by atoms with E-state index in [1.54, 1.807) is 19.2 Å². The van der Waals surface area contributed by atoms with Crippen LogP contribution in [0.15, 0.2) is 24.3 Å². The molecule has 21 heavy (non-hydrogen) atoms. The fourth-order valence-corrected chi connectivity index (χ4v) is 2.96. The van der Waals surface area contributed by atoms with Gasteiger partial charge in [-0.3, -0.25) is 9.59 Å². The van der Waals surface area contributed by atoms with Gasteiger partial charge in [0.25, 0.3) is 0 Å². The van der Waals surface area contributed by atoms with E-state index in [4.69, 9.17) is 15.1 Å². The van der Waals surface area contributed by atoms with Gasteiger partial charge in [-0.25, -0.2) is 0 Å². The average Bonchev–Trinajstić information content (AvgIpc) is 2.49. The fraction of sp³-hybridized carbons (Fsp3) is 0.438. The Kier molecular flexibility index (Phi) is 4.59. The molecule has 0 amide bonds. The molecule has 0 bridgehead atoms. The molecule has 3 unspecified atom stereocenters. The second-order valence-electron chi connectivity index (χ2n) is 5.25. The van der Waals surface area contributed by atoms with Crippen LogP contribution in [-0.2, 0) is 9.59 Å². The first kappa shape index (κ1) is 15.0. The van der Waals surface area contributed by atoms with Crippen molar-refractivity contribution in [3.05, 3.63) is 29.8 Å². The Hall–Kier alpha value is -2.35. The number of nitrogens with zero attached hydrogens (tertiary/aromatic N) is 1. The summed E-state index contributed by atoms with van der Waals surface area (Å²) < 4.78 is 5.10. The minimum absolute atomic E-state index is 0.149. The summed E-state index contributed by atoms with van der Waals surface area (Å²) in [7, 11) is 1.57. The SMILES string of the molecule is COc1ccc(C2CCC(C#N)C(=O)C2CC(=O)O)cc1. The number of carbonyl (C=O) groups is 2. The third-order valence-electron chi connectivity index (χ3n) is 4.06. The predicted octanol–water partition coefficient (Wildman–Crippen LogP) is 2.37. The highest BCUT2D eigenvalue weighted by Crippen LogP contribution is 2.40. The van der Waals surface area contributed by atoms with Gasteiger partial charge < -0.3 is 9.84 Å². The molecule has 0 radical (unpaired) electrons. The Balaban J connectivity index is 2.28. The van der Waals surface area contributed by atoms with Gasteiger partial charge in [-0.1, -0.05) is 12.1 Å². The van der Waals surface area contributed by atoms with Gasteiger partial charge in [0.1, 0.15) is 11.7 Å². The number of hydrogen-bond acceptors (Lipinski definition) is 4. The van der Waals surface area contributed by atoms with Gasteiger partial charge in [0.05, 0.1) is 19.6 Å². The molecule has 5 heteroatoms. The van der Waals surface area contributed by atoms with Gasteiger partial charge >= 0.3 is 5.97 Å². The highest BCUT2D eigenvalue weighted by molar-refractivity contribution is 5.90. The molecule has 0 aromatic heterocycles. The van der Waals surface area contributed by atoms with Crippen molar-refractivity contribution in [1.29, 1.82) is 5.26 Å². The first-order valence-corrected chi connectivity index (χ1v) is 6.86. The van der Waals surface area contributed by atoms with Gasteiger partial charge in [-0.15, -0.1) is 0 Å². The Labute approximate surface area is 123 Å². The lowest BCUT2D eigenvalue weighted by molar-refractivity contribution is -0.142. The van der Waals surface area contributed by atoms with Crippen molar-refractivity contribution in [3.63, 3.8) is 0 Å². The fourth-order valence-electron chi connectivity index (χ4n) is 2.96. The largest absolute Gasteiger partial charge is 0.497 e. The molecule has 3 atom stereocenters. The van der Waals surface area contributed by atoms with Crippen molar-refractivity contribution < 1.29 is 19.4 Å². The molecule has 1 fully saturated rings. The maximum Gasteiger partial charge on any atom is 0.304 e. The summed E-state index contributed by atoms with van der Waals surface area (Å²) in [5.41, 5.74) is 0.923. The lowest BCUT2D eigenvalue weighted by Gasteiger charge is -2.32. The second-order valence-corrected chi connectivity index (χ2v) is 5.25. The van der Waals surface area contributed by atoms with E-state index in [1.807, 2.05) is 18.2 Å². The van der Waals surface area contributed by atoms with Crippen molar-refractivity contribution in [2.45, 2.75) is 25.2 Å². The Morgan fingerprint density at radius 3 is 2.57 bits per heavy atom. The van der Waals surface area contributed by atoms with Crippen molar-refractivity contribution in [2.75, 3.05) is 7.11 Å². The molecule has 1 aliphatic carbocycles. The molecule has 0 aliphatic heterocycles. The summed E-state index contributed by atoms with van der Waals surface area (Å²) >= 11 is 0. The van der Waals surface area contributed by atoms with Crippen LogP contribution in [0.2, 0.25) is 0 Å². The molecular weight excluding hydrogens is 270 g/mol. The predicted molar refractivity (Wildman–Crippen MR) is 74.8 cm³/mol. The van der Waals surface area contributed by atoms with Crippen molar-refractivity contribution in [3.8, 4) is 11.8 Å². The third kappa shape index (κ3) is 3.22. The first-order chi connectivity index (χ1) is 10.1. The quantitative estimate of drug-likeness (QED) is 0.918. The van der Waals surface area contributed by atoms with Crippen LogP contribution in [0, 0.1) is 23.2 Å². The third-order valence-corrected chi connectivity index (χ3v) is 4.06. The number of ether oxygens (including phenoxy) is 1. The molecule has 1 N–H and O–H groups in total. The van der Waals surface area contributed by atoms with E-state index in [-0.39, 0.29) is 18.1 Å². The summed E-state index contributed by atoms with van der Waals surface area (Å²) in [5.74, 6) is -2.00. The van der Waals surface area contributed by atoms with Crippen LogP contribution in [0.5, 0.6) is 5.75 Å². The Morgan fingerprint density at radius 2 is 2.05 bits per heavy atom. The van der Waals surface area contributed by atoms with E-state index in [1.165, 1.54) is 0 Å². The van der Waals surface area contributed by atoms with Crippen LogP contribution in [0.3, 0.4) is 0 Å². The van der Waals surface area contributed by atoms with Crippen molar-refractivity contribution in [1.82, 2.24) is 0 Å². The minimum atomic E-state index is -1.01. The molecule has 0 saturated heterocycles. The molecule has 110 valence electrons. The first-order valence-electron chi connectivity index (χ1n) is 6.86. The zero-order valence-corrected chi connectivity index (χ0v) is 11.8. The molecular formula is C16H17NO4. The number of Topliss-reactive ketones (excluding diaryl/α,β-unsaturated/α-hetero) is 1. The molecule has 2 rings (SSSR count). The van der Waals surface area contributed by atoms with Crippen LogP contribution < -0.4 is 4.74 Å². The van der Waals surface area contributed by atoms with E-state index in [2.05, 4.69) is 0 Å². The lowest BCUT2D eigenvalue weighted by atomic mass is 9.69. The number of aliphatic carboxylic acids is 1. The van der Waals surface area contributed by atoms with Crippen LogP contribution >= 0.6 is 0 Å². The van der Waals surface area contributed by atoms with Gasteiger partial charge in [-0.2, -0.15) is 5.26 Å². The average molecular weight is 287 g/mol. The summed E-state index contributed by atoms with van der Waals surface area (Å²) in [5, 5.41) is 18.0. The van der Waals surface area contributed by atoms with E-state index < -0.39 is 17.8 Å². The van der Waals surface area contributed by atoms with Gasteiger partial charge in [-0.05, 0) is 36.5 Å². The molecule has 0 heterocycles. The maximum atomic E-state index is 12.3. The number of methoxy groups -OCH3 is 1. The van der Waals surface area contributed by atoms with Crippen LogP contribution in [0.1, 0.15) is 30.7 Å². The molecule has 0 spiro atoms. The highest BCUT2D eigenvalue weighted by Gasteiger charge is 2.39. The Morgan fingerprint density at radius 1 is 1.38 bits per heavy atom. The maximum absolute atomic E-state index is 12.3. The number of rotatable bonds is 4. The summed E-state index contributed by atoms with van der Waals surface area (Å²) in [6.07, 6.45) is 0.907. The number of carbonyl (C=O) groups excluding carboxylic acids is 1. The smallest absolute Gasteiger partial charge is 0.304 e. The number of nitriles is 1. The minimum Gasteiger partial charge on any atom is -0.497 e. The molecule has 5 nitrogen and oxygen atoms in total. The van der Waals surface area contributed by atoms with Crippen molar-refractivity contribution in [2.24, 2.45) is 11.8 Å². The molecule has 1 aliphatic rings. The van der Waals surface area contributed by atoms with E-state index >= 15 is 0 Å². The van der Waals surface area contributed by atoms with Crippen LogP contribution in [0.4, 0.5) is 0 Å². The monoisotopic (exact) mass is 287 g/mol. The van der Waals surface area contributed by atoms with Crippen LogP contribution in [-0.4, -0.2) is 24.0 Å². The molecule has 1 aromatic rings. The standard InChI is InChI=1S/C16H17NO4/c1-21-12-5-2-10(3-6-12)13-7-4-11(9-17)16(20)14(13)8-15(18)19/h2-3,5-6,11,13-14H,4,7-8H2,1H3,(H,18,19). The van der Waals surface area contributed by atoms with Gasteiger partial charge in [0, 0.05) is 5.92 Å². The highest BCUT2D eigenvalue weighted by atomic mass is 16.5. The zero-order valence-electron chi connectivity index (χ0n) is 11.8. The molecule has 1 saturated carbocycles. The molecule has 1 aromatic carbocycles. The number of carboxylic acid groups (broad SMARTS) is 1. The van der Waals surface area contributed by atoms with E-state index in [0.29, 0.717) is 18.6 Å². The number of ketones is 1. The van der Waals surface area contributed by atoms with E-state index in [9.17, 15) is 9.59 Å². The van der Waals surface area contributed by atoms with E-state index in [0.717, 1.165) is 5.56 Å². The summed E-state index contributed by atoms with van der Waals surface area (Å²) in [4.78, 5) is 23.3. The number of benzene rings is 1. The normalized spacial score (nSPS) is 25.1. The topological polar surface area (TPSA) is 87.4 Å². The van der Waals surface area contributed by atoms with Gasteiger partial charge in [0.2, 0.25) is 0 Å². The van der Waals surface area contributed by atoms with Gasteiger partial charge in [0.15, 0.2) is 5.78 Å². The Bertz CT molecular complexity index is 573. The number of hydrogen-bond donors (Lipinski definition) is 1. The number of carboxylic acids is 1. The lowest BCUT2D eigenvalue weighted by Crippen LogP contribution is -2.34. The van der Waals surface area contributed by atoms with Crippen LogP contribution in [0.25, 0.3) is 0 Å². The zero-order chi connectivity index (χ0) is 15.4.